The fourth-order valence-corrected chi connectivity index (χ4v) is 24.3. The highest BCUT2D eigenvalue weighted by Crippen LogP contribution is 2.59. The number of fused-ring (bicyclic) bond motifs is 20. The van der Waals surface area contributed by atoms with Crippen molar-refractivity contribution < 1.29 is 8.83 Å². The summed E-state index contributed by atoms with van der Waals surface area (Å²) in [5.74, 6) is 0. The van der Waals surface area contributed by atoms with Gasteiger partial charge >= 0.3 is 0 Å². The van der Waals surface area contributed by atoms with Gasteiger partial charge in [-0.15, -0.1) is 0 Å². The highest BCUT2D eigenvalue weighted by molar-refractivity contribution is 6.11. The summed E-state index contributed by atoms with van der Waals surface area (Å²) in [5, 5.41) is 9.62. The van der Waals surface area contributed by atoms with Gasteiger partial charge in [-0.2, -0.15) is 0 Å². The molecule has 22 aromatic carbocycles. The van der Waals surface area contributed by atoms with Crippen molar-refractivity contribution in [3.63, 3.8) is 0 Å². The third-order valence-corrected chi connectivity index (χ3v) is 32.2. The number of hydrogen-bond donors (Lipinski definition) is 0. The Kier molecular flexibility index (Phi) is 19.7. The largest absolute Gasteiger partial charge is 0.455 e. The van der Waals surface area contributed by atoms with Crippen LogP contribution in [0.15, 0.2) is 482 Å². The molecule has 0 fully saturated rings. The number of rotatable bonds is 14. The molecule has 0 amide bonds. The first kappa shape index (κ1) is 85.7. The Labute approximate surface area is 840 Å². The highest BCUT2D eigenvalue weighted by Gasteiger charge is 2.42. The molecular formula is C140H102N2O2. The molecule has 24 aromatic rings. The Morgan fingerprint density at radius 3 is 0.694 bits per heavy atom. The molecule has 0 bridgehead atoms. The molecule has 0 saturated heterocycles. The van der Waals surface area contributed by atoms with Gasteiger partial charge in [0.15, 0.2) is 0 Å². The van der Waals surface area contributed by atoms with E-state index in [-0.39, 0.29) is 21.7 Å². The van der Waals surface area contributed by atoms with Crippen molar-refractivity contribution in [2.45, 2.75) is 77.0 Å². The standard InChI is InChI=1S/C74H53NO.C66H49NO/c1-73(2)67-42-55(53-26-22-46-12-5-7-14-51(46)40-53)30-36-61(67)63-38-34-58(44-69(63)73)75(57-32-28-49(29-33-57)48-20-24-50(25-21-48)60-17-11-18-66-65-16-9-10-19-71(65)76-72(60)66)59-35-39-64-62-37-31-56(43-68(62)74(3,4)70(64)45-59)54-27-23-47-13-6-8-15-52(47)41-54;1-65(2)59-38-47(42-14-7-5-8-15-42)28-34-53(59)55-36-32-50(40-61(55)65)67(51-33-37-56-54-35-29-48(43-16-9-6-10-17-43)39-60(54)66(3,4)62(56)41-51)49-30-26-45(27-31-49)44-22-24-46(25-23-44)52-19-13-20-58-57-18-11-12-21-63(57)68-64(52)58/h5-45H,1-4H3;5-41H,1-4H3. The van der Waals surface area contributed by atoms with Gasteiger partial charge in [0, 0.05) is 88.5 Å². The normalized spacial score (nSPS) is 13.8. The first-order valence-electron chi connectivity index (χ1n) is 50.4. The van der Waals surface area contributed by atoms with E-state index in [4.69, 9.17) is 8.83 Å². The molecule has 0 radical (unpaired) electrons. The number of furan rings is 2. The lowest BCUT2D eigenvalue weighted by Crippen LogP contribution is -2.18. The van der Waals surface area contributed by atoms with Gasteiger partial charge in [-0.3, -0.25) is 0 Å². The predicted molar refractivity (Wildman–Crippen MR) is 606 cm³/mol. The van der Waals surface area contributed by atoms with Crippen LogP contribution < -0.4 is 9.80 Å². The van der Waals surface area contributed by atoms with Gasteiger partial charge in [0.05, 0.1) is 0 Å². The quantitative estimate of drug-likeness (QED) is 0.109. The Balaban J connectivity index is 0.000000144. The van der Waals surface area contributed by atoms with Gasteiger partial charge in [-0.1, -0.05) is 407 Å². The van der Waals surface area contributed by atoms with E-state index < -0.39 is 0 Å². The van der Waals surface area contributed by atoms with Gasteiger partial charge in [-0.25, -0.2) is 0 Å². The minimum Gasteiger partial charge on any atom is -0.455 e. The van der Waals surface area contributed by atoms with Gasteiger partial charge in [-0.05, 0) is 310 Å². The Morgan fingerprint density at radius 1 is 0.146 bits per heavy atom. The van der Waals surface area contributed by atoms with E-state index in [1.807, 2.05) is 24.3 Å². The number of para-hydroxylation sites is 4. The number of hydrogen-bond acceptors (Lipinski definition) is 4. The minimum absolute atomic E-state index is 0.193. The van der Waals surface area contributed by atoms with E-state index >= 15 is 0 Å². The predicted octanol–water partition coefficient (Wildman–Crippen LogP) is 39.0. The Bertz CT molecular complexity index is 9010. The average Bonchev–Trinajstić information content (AvgIpc) is 1.67. The summed E-state index contributed by atoms with van der Waals surface area (Å²) in [6, 6.07) is 175. The van der Waals surface area contributed by atoms with E-state index in [2.05, 4.69) is 514 Å². The maximum Gasteiger partial charge on any atom is 0.143 e. The molecular weight excluding hydrogens is 1740 g/mol. The zero-order valence-corrected chi connectivity index (χ0v) is 81.7. The van der Waals surface area contributed by atoms with E-state index in [0.29, 0.717) is 0 Å². The van der Waals surface area contributed by atoms with Crippen LogP contribution in [0.3, 0.4) is 0 Å². The van der Waals surface area contributed by atoms with Crippen LogP contribution >= 0.6 is 0 Å². The molecule has 4 aliphatic rings. The molecule has 144 heavy (non-hydrogen) atoms. The summed E-state index contributed by atoms with van der Waals surface area (Å²) in [6.07, 6.45) is 0. The lowest BCUT2D eigenvalue weighted by atomic mass is 9.81. The van der Waals surface area contributed by atoms with Gasteiger partial charge in [0.25, 0.3) is 0 Å². The van der Waals surface area contributed by atoms with Crippen molar-refractivity contribution in [2.75, 3.05) is 9.80 Å². The molecule has 684 valence electrons. The summed E-state index contributed by atoms with van der Waals surface area (Å²) < 4.78 is 12.8. The second kappa shape index (κ2) is 33.1. The summed E-state index contributed by atoms with van der Waals surface area (Å²) in [5.41, 5.74) is 50.0. The fourth-order valence-electron chi connectivity index (χ4n) is 24.3. The Morgan fingerprint density at radius 2 is 0.368 bits per heavy atom. The minimum atomic E-state index is -0.227. The molecule has 0 saturated carbocycles. The summed E-state index contributed by atoms with van der Waals surface area (Å²) in [4.78, 5) is 4.94. The number of anilines is 6. The maximum atomic E-state index is 6.43. The summed E-state index contributed by atoms with van der Waals surface area (Å²) in [7, 11) is 0. The van der Waals surface area contributed by atoms with Crippen molar-refractivity contribution in [3.05, 3.63) is 518 Å². The average molecular weight is 1840 g/mol. The van der Waals surface area contributed by atoms with Crippen LogP contribution in [0.1, 0.15) is 99.9 Å². The molecule has 4 heteroatoms. The van der Waals surface area contributed by atoms with Gasteiger partial charge in [0.2, 0.25) is 0 Å². The molecule has 0 spiro atoms. The van der Waals surface area contributed by atoms with Crippen molar-refractivity contribution >= 4 is 99.5 Å². The molecule has 28 rings (SSSR count). The third-order valence-electron chi connectivity index (χ3n) is 32.2. The zero-order valence-electron chi connectivity index (χ0n) is 81.7. The smallest absolute Gasteiger partial charge is 0.143 e. The van der Waals surface area contributed by atoms with Crippen LogP contribution in [0, 0.1) is 0 Å². The fraction of sp³-hybridized carbons (Fsp3) is 0.0857. The van der Waals surface area contributed by atoms with Gasteiger partial charge < -0.3 is 18.6 Å². The topological polar surface area (TPSA) is 32.8 Å². The molecule has 0 aliphatic heterocycles. The second-order valence-electron chi connectivity index (χ2n) is 41.8. The number of nitrogens with zero attached hydrogens (tertiary/aromatic N) is 2. The molecule has 0 atom stereocenters. The van der Waals surface area contributed by atoms with E-state index in [1.165, 1.54) is 172 Å². The first-order valence-corrected chi connectivity index (χ1v) is 50.4. The van der Waals surface area contributed by atoms with Crippen molar-refractivity contribution in [1.29, 1.82) is 0 Å². The second-order valence-corrected chi connectivity index (χ2v) is 41.8. The SMILES string of the molecule is CC1(C)c2cc(-c3ccc4ccccc4c3)ccc2-c2ccc(N(c3ccc(-c4ccc(-c5cccc6c5oc5ccccc56)cc4)cc3)c3ccc4c(c3)C(C)(C)c3cc(-c5ccc6ccccc6c5)ccc3-4)cc21.CC1(C)c2cc(-c3ccccc3)ccc2-c2ccc(N(c3ccc(-c4ccc(-c5cccc6c5oc5ccccc56)cc4)cc3)c3ccc4c(c3)C(C)(C)c3cc(-c5ccccc5)ccc3-4)cc21. The van der Waals surface area contributed by atoms with E-state index in [0.717, 1.165) is 106 Å². The molecule has 0 unspecified atom stereocenters. The lowest BCUT2D eigenvalue weighted by molar-refractivity contribution is 0.660. The molecule has 4 nitrogen and oxygen atoms in total. The third kappa shape index (κ3) is 14.0. The van der Waals surface area contributed by atoms with Crippen molar-refractivity contribution in [3.8, 4) is 134 Å². The Hall–Kier alpha value is -17.4. The number of benzene rings is 22. The van der Waals surface area contributed by atoms with Crippen molar-refractivity contribution in [2.24, 2.45) is 0 Å². The lowest BCUT2D eigenvalue weighted by Gasteiger charge is -2.30. The van der Waals surface area contributed by atoms with Crippen LogP contribution in [-0.2, 0) is 21.7 Å². The van der Waals surface area contributed by atoms with Crippen LogP contribution in [0.25, 0.3) is 199 Å². The first-order chi connectivity index (χ1) is 70.3. The summed E-state index contributed by atoms with van der Waals surface area (Å²) in [6.45, 7) is 19.1. The van der Waals surface area contributed by atoms with Crippen LogP contribution in [-0.4, -0.2) is 0 Å². The molecule has 4 aliphatic carbocycles. The van der Waals surface area contributed by atoms with Crippen LogP contribution in [0.2, 0.25) is 0 Å². The molecule has 0 N–H and O–H groups in total. The highest BCUT2D eigenvalue weighted by atomic mass is 16.3. The molecule has 2 aromatic heterocycles. The zero-order chi connectivity index (χ0) is 96.6. The summed E-state index contributed by atoms with van der Waals surface area (Å²) >= 11 is 0. The maximum absolute atomic E-state index is 6.43. The monoisotopic (exact) mass is 1840 g/mol. The van der Waals surface area contributed by atoms with Gasteiger partial charge in [0.1, 0.15) is 22.3 Å². The van der Waals surface area contributed by atoms with Crippen molar-refractivity contribution in [1.82, 2.24) is 0 Å². The molecule has 2 heterocycles. The van der Waals surface area contributed by atoms with E-state index in [9.17, 15) is 0 Å². The van der Waals surface area contributed by atoms with E-state index in [1.54, 1.807) is 0 Å². The van der Waals surface area contributed by atoms with Crippen LogP contribution in [0.5, 0.6) is 0 Å². The van der Waals surface area contributed by atoms with Crippen LogP contribution in [0.4, 0.5) is 34.1 Å².